The molecule has 0 aliphatic carbocycles. The van der Waals surface area contributed by atoms with E-state index in [1.807, 2.05) is 24.3 Å². The average molecular weight is 297 g/mol. The van der Waals surface area contributed by atoms with Gasteiger partial charge in [0.2, 0.25) is 0 Å². The van der Waals surface area contributed by atoms with E-state index in [-0.39, 0.29) is 18.2 Å². The number of aromatic nitrogens is 2. The van der Waals surface area contributed by atoms with E-state index in [2.05, 4.69) is 9.97 Å². The highest BCUT2D eigenvalue weighted by molar-refractivity contribution is 5.97. The highest BCUT2D eigenvalue weighted by Gasteiger charge is 2.23. The van der Waals surface area contributed by atoms with Crippen LogP contribution in [0.3, 0.4) is 0 Å². The monoisotopic (exact) mass is 297 g/mol. The van der Waals surface area contributed by atoms with Crippen molar-refractivity contribution in [3.05, 3.63) is 54.1 Å². The first-order valence-electron chi connectivity index (χ1n) is 7.07. The SMILES string of the molecule is O=C(OCC(=O)N1CCCc2ccccc21)c1cnccn1. The molecule has 112 valence electrons. The van der Waals surface area contributed by atoms with Crippen molar-refractivity contribution in [3.8, 4) is 0 Å². The molecule has 0 radical (unpaired) electrons. The predicted molar refractivity (Wildman–Crippen MR) is 79.4 cm³/mol. The molecule has 6 heteroatoms. The van der Waals surface area contributed by atoms with Crippen molar-refractivity contribution in [3.63, 3.8) is 0 Å². The Hall–Kier alpha value is -2.76. The summed E-state index contributed by atoms with van der Waals surface area (Å²) < 4.78 is 5.03. The van der Waals surface area contributed by atoms with Crippen molar-refractivity contribution in [1.82, 2.24) is 9.97 Å². The van der Waals surface area contributed by atoms with Gasteiger partial charge in [-0.1, -0.05) is 18.2 Å². The molecule has 2 aromatic rings. The second kappa shape index (κ2) is 6.34. The largest absolute Gasteiger partial charge is 0.451 e. The predicted octanol–water partition coefficient (Wildman–Crippen LogP) is 1.61. The van der Waals surface area contributed by atoms with Crippen LogP contribution in [0.5, 0.6) is 0 Å². The van der Waals surface area contributed by atoms with Crippen molar-refractivity contribution in [2.45, 2.75) is 12.8 Å². The van der Waals surface area contributed by atoms with Crippen LogP contribution in [0.1, 0.15) is 22.5 Å². The molecule has 6 nitrogen and oxygen atoms in total. The summed E-state index contributed by atoms with van der Waals surface area (Å²) in [6, 6.07) is 7.79. The van der Waals surface area contributed by atoms with Gasteiger partial charge in [0.05, 0.1) is 6.20 Å². The lowest BCUT2D eigenvalue weighted by molar-refractivity contribution is -0.121. The number of rotatable bonds is 3. The average Bonchev–Trinajstić information content (AvgIpc) is 2.59. The molecule has 0 unspecified atom stereocenters. The number of hydrogen-bond donors (Lipinski definition) is 0. The van der Waals surface area contributed by atoms with Gasteiger partial charge >= 0.3 is 5.97 Å². The Morgan fingerprint density at radius 3 is 2.91 bits per heavy atom. The number of ether oxygens (including phenoxy) is 1. The summed E-state index contributed by atoms with van der Waals surface area (Å²) in [4.78, 5) is 33.4. The van der Waals surface area contributed by atoms with Crippen LogP contribution in [0.2, 0.25) is 0 Å². The third kappa shape index (κ3) is 2.95. The number of carbonyl (C=O) groups excluding carboxylic acids is 2. The van der Waals surface area contributed by atoms with Gasteiger partial charge in [0.25, 0.3) is 5.91 Å². The van der Waals surface area contributed by atoms with Gasteiger partial charge in [0, 0.05) is 24.6 Å². The highest BCUT2D eigenvalue weighted by Crippen LogP contribution is 2.26. The first-order chi connectivity index (χ1) is 10.8. The van der Waals surface area contributed by atoms with E-state index in [1.54, 1.807) is 4.90 Å². The van der Waals surface area contributed by atoms with Crippen molar-refractivity contribution >= 4 is 17.6 Å². The molecular formula is C16H15N3O3. The van der Waals surface area contributed by atoms with Gasteiger partial charge in [-0.05, 0) is 24.5 Å². The molecule has 1 amide bonds. The minimum absolute atomic E-state index is 0.0920. The van der Waals surface area contributed by atoms with Gasteiger partial charge in [0.15, 0.2) is 12.3 Å². The normalized spacial score (nSPS) is 13.4. The number of anilines is 1. The molecule has 0 atom stereocenters. The number of amides is 1. The standard InChI is InChI=1S/C16H15N3O3/c20-15(11-22-16(21)13-10-17-7-8-18-13)19-9-3-5-12-4-1-2-6-14(12)19/h1-2,4,6-8,10H,3,5,9,11H2. The molecule has 3 rings (SSSR count). The molecule has 0 N–H and O–H groups in total. The van der Waals surface area contributed by atoms with Crippen LogP contribution >= 0.6 is 0 Å². The lowest BCUT2D eigenvalue weighted by atomic mass is 10.0. The number of esters is 1. The summed E-state index contributed by atoms with van der Waals surface area (Å²) in [5.74, 6) is -0.879. The van der Waals surface area contributed by atoms with E-state index in [9.17, 15) is 9.59 Å². The third-order valence-electron chi connectivity index (χ3n) is 3.51. The lowest BCUT2D eigenvalue weighted by Crippen LogP contribution is -2.38. The Kier molecular flexibility index (Phi) is 4.09. The van der Waals surface area contributed by atoms with Crippen LogP contribution in [0.25, 0.3) is 0 Å². The molecule has 0 saturated heterocycles. The highest BCUT2D eigenvalue weighted by atomic mass is 16.5. The van der Waals surface area contributed by atoms with E-state index < -0.39 is 5.97 Å². The van der Waals surface area contributed by atoms with Crippen LogP contribution in [0.15, 0.2) is 42.9 Å². The lowest BCUT2D eigenvalue weighted by Gasteiger charge is -2.29. The van der Waals surface area contributed by atoms with Crippen molar-refractivity contribution in [2.24, 2.45) is 0 Å². The van der Waals surface area contributed by atoms with Crippen LogP contribution in [-0.4, -0.2) is 35.0 Å². The van der Waals surface area contributed by atoms with Gasteiger partial charge < -0.3 is 9.64 Å². The number of fused-ring (bicyclic) bond motifs is 1. The molecule has 1 aromatic carbocycles. The zero-order chi connectivity index (χ0) is 15.4. The van der Waals surface area contributed by atoms with E-state index in [1.165, 1.54) is 18.6 Å². The molecule has 0 spiro atoms. The van der Waals surface area contributed by atoms with Crippen LogP contribution in [0, 0.1) is 0 Å². The maximum absolute atomic E-state index is 12.3. The molecule has 0 fully saturated rings. The molecule has 1 aliphatic heterocycles. The Morgan fingerprint density at radius 1 is 1.23 bits per heavy atom. The maximum atomic E-state index is 12.3. The fourth-order valence-corrected chi connectivity index (χ4v) is 2.48. The van der Waals surface area contributed by atoms with Gasteiger partial charge in [-0.25, -0.2) is 9.78 Å². The number of aryl methyl sites for hydroxylation is 1. The second-order valence-electron chi connectivity index (χ2n) is 4.94. The molecule has 22 heavy (non-hydrogen) atoms. The fourth-order valence-electron chi connectivity index (χ4n) is 2.48. The molecule has 2 heterocycles. The first-order valence-corrected chi connectivity index (χ1v) is 7.07. The molecule has 1 aliphatic rings. The maximum Gasteiger partial charge on any atom is 0.359 e. The Morgan fingerprint density at radius 2 is 2.09 bits per heavy atom. The molecule has 1 aromatic heterocycles. The zero-order valence-corrected chi connectivity index (χ0v) is 11.9. The topological polar surface area (TPSA) is 72.4 Å². The smallest absolute Gasteiger partial charge is 0.359 e. The number of carbonyl (C=O) groups is 2. The Labute approximate surface area is 127 Å². The number of hydrogen-bond acceptors (Lipinski definition) is 5. The molecular weight excluding hydrogens is 282 g/mol. The van der Waals surface area contributed by atoms with Crippen molar-refractivity contribution in [2.75, 3.05) is 18.1 Å². The Balaban J connectivity index is 1.65. The fraction of sp³-hybridized carbons (Fsp3) is 0.250. The molecule has 0 saturated carbocycles. The number of nitrogens with zero attached hydrogens (tertiary/aromatic N) is 3. The minimum Gasteiger partial charge on any atom is -0.451 e. The number of benzene rings is 1. The first kappa shape index (κ1) is 14.2. The summed E-state index contributed by atoms with van der Waals surface area (Å²) in [5.41, 5.74) is 2.13. The molecule has 0 bridgehead atoms. The van der Waals surface area contributed by atoms with Crippen LogP contribution in [-0.2, 0) is 16.0 Å². The summed E-state index contributed by atoms with van der Waals surface area (Å²) >= 11 is 0. The van der Waals surface area contributed by atoms with Gasteiger partial charge in [-0.2, -0.15) is 0 Å². The number of para-hydroxylation sites is 1. The van der Waals surface area contributed by atoms with Crippen LogP contribution < -0.4 is 4.90 Å². The summed E-state index contributed by atoms with van der Waals surface area (Å²) in [6.07, 6.45) is 6.04. The third-order valence-corrected chi connectivity index (χ3v) is 3.51. The van der Waals surface area contributed by atoms with Crippen molar-refractivity contribution < 1.29 is 14.3 Å². The minimum atomic E-state index is -0.647. The summed E-state index contributed by atoms with van der Waals surface area (Å²) in [5, 5.41) is 0. The summed E-state index contributed by atoms with van der Waals surface area (Å²) in [7, 11) is 0. The van der Waals surface area contributed by atoms with Gasteiger partial charge in [-0.3, -0.25) is 9.78 Å². The van der Waals surface area contributed by atoms with Crippen molar-refractivity contribution in [1.29, 1.82) is 0 Å². The van der Waals surface area contributed by atoms with Crippen LogP contribution in [0.4, 0.5) is 5.69 Å². The van der Waals surface area contributed by atoms with Gasteiger partial charge in [0.1, 0.15) is 0 Å². The van der Waals surface area contributed by atoms with E-state index in [0.29, 0.717) is 6.54 Å². The summed E-state index contributed by atoms with van der Waals surface area (Å²) in [6.45, 7) is 0.336. The van der Waals surface area contributed by atoms with E-state index in [0.717, 1.165) is 24.1 Å². The zero-order valence-electron chi connectivity index (χ0n) is 11.9. The van der Waals surface area contributed by atoms with E-state index in [4.69, 9.17) is 4.74 Å². The van der Waals surface area contributed by atoms with Gasteiger partial charge in [-0.15, -0.1) is 0 Å². The van der Waals surface area contributed by atoms with E-state index >= 15 is 0 Å². The quantitative estimate of drug-likeness (QED) is 0.805. The Bertz CT molecular complexity index is 688. The second-order valence-corrected chi connectivity index (χ2v) is 4.94.